The summed E-state index contributed by atoms with van der Waals surface area (Å²) in [5, 5.41) is 3.32. The molecule has 4 nitrogen and oxygen atoms in total. The maximum Gasteiger partial charge on any atom is 0.238 e. The summed E-state index contributed by atoms with van der Waals surface area (Å²) in [4.78, 5) is 14.2. The molecule has 1 aliphatic rings. The van der Waals surface area contributed by atoms with Crippen molar-refractivity contribution in [1.82, 2.24) is 10.2 Å². The van der Waals surface area contributed by atoms with E-state index in [2.05, 4.69) is 31.0 Å². The van der Waals surface area contributed by atoms with E-state index in [1.807, 2.05) is 6.92 Å². The second-order valence-corrected chi connectivity index (χ2v) is 5.78. The van der Waals surface area contributed by atoms with Crippen LogP contribution < -0.4 is 11.1 Å². The quantitative estimate of drug-likeness (QED) is 0.724. The molecule has 18 heavy (non-hydrogen) atoms. The van der Waals surface area contributed by atoms with Gasteiger partial charge in [-0.1, -0.05) is 13.8 Å². The molecule has 0 radical (unpaired) electrons. The van der Waals surface area contributed by atoms with Crippen LogP contribution in [0.3, 0.4) is 0 Å². The third kappa shape index (κ3) is 3.45. The molecule has 1 aliphatic heterocycles. The summed E-state index contributed by atoms with van der Waals surface area (Å²) >= 11 is 0. The molecule has 0 bridgehead atoms. The molecular formula is C14H29N3O. The fourth-order valence-electron chi connectivity index (χ4n) is 2.84. The first kappa shape index (κ1) is 15.4. The molecule has 1 amide bonds. The van der Waals surface area contributed by atoms with Crippen LogP contribution in [-0.4, -0.2) is 41.5 Å². The van der Waals surface area contributed by atoms with Gasteiger partial charge in [0.2, 0.25) is 5.91 Å². The van der Waals surface area contributed by atoms with E-state index in [9.17, 15) is 4.79 Å². The van der Waals surface area contributed by atoms with Crippen molar-refractivity contribution >= 4 is 5.91 Å². The Balaban J connectivity index is 2.73. The number of carbonyl (C=O) groups excluding carboxylic acids is 1. The molecule has 1 fully saturated rings. The first-order valence-electron chi connectivity index (χ1n) is 7.25. The third-order valence-electron chi connectivity index (χ3n) is 4.23. The summed E-state index contributed by atoms with van der Waals surface area (Å²) in [5.74, 6) is -0.245. The van der Waals surface area contributed by atoms with Crippen molar-refractivity contribution in [2.24, 2.45) is 5.73 Å². The molecule has 1 heterocycles. The number of primary amides is 1. The SMILES string of the molecule is CCCNC(C)(CN1C(C)CCC1CC)C(N)=O. The van der Waals surface area contributed by atoms with E-state index in [1.54, 1.807) is 0 Å². The Labute approximate surface area is 111 Å². The monoisotopic (exact) mass is 255 g/mol. The van der Waals surface area contributed by atoms with E-state index in [0.29, 0.717) is 12.1 Å². The third-order valence-corrected chi connectivity index (χ3v) is 4.23. The number of likely N-dealkylation sites (tertiary alicyclic amines) is 1. The molecule has 0 aromatic rings. The average Bonchev–Trinajstić information content (AvgIpc) is 2.67. The normalized spacial score (nSPS) is 28.2. The van der Waals surface area contributed by atoms with Crippen LogP contribution in [0.4, 0.5) is 0 Å². The zero-order chi connectivity index (χ0) is 13.8. The summed E-state index contributed by atoms with van der Waals surface area (Å²) in [6, 6.07) is 1.15. The van der Waals surface area contributed by atoms with Gasteiger partial charge in [-0.25, -0.2) is 0 Å². The Morgan fingerprint density at radius 3 is 2.61 bits per heavy atom. The highest BCUT2D eigenvalue weighted by atomic mass is 16.1. The van der Waals surface area contributed by atoms with E-state index in [-0.39, 0.29) is 5.91 Å². The number of nitrogens with zero attached hydrogens (tertiary/aromatic N) is 1. The Morgan fingerprint density at radius 1 is 1.44 bits per heavy atom. The second-order valence-electron chi connectivity index (χ2n) is 5.78. The number of carbonyl (C=O) groups is 1. The molecule has 1 saturated heterocycles. The van der Waals surface area contributed by atoms with Crippen LogP contribution in [0.15, 0.2) is 0 Å². The zero-order valence-corrected chi connectivity index (χ0v) is 12.3. The number of nitrogens with one attached hydrogen (secondary N) is 1. The van der Waals surface area contributed by atoms with Gasteiger partial charge in [0.25, 0.3) is 0 Å². The van der Waals surface area contributed by atoms with Crippen molar-refractivity contribution in [3.63, 3.8) is 0 Å². The van der Waals surface area contributed by atoms with Crippen LogP contribution in [0, 0.1) is 0 Å². The van der Waals surface area contributed by atoms with Crippen molar-refractivity contribution in [2.45, 2.75) is 71.0 Å². The first-order valence-corrected chi connectivity index (χ1v) is 7.25. The molecule has 0 saturated carbocycles. The standard InChI is InChI=1S/C14H29N3O/c1-5-9-16-14(4,13(15)18)10-17-11(3)7-8-12(17)6-2/h11-12,16H,5-10H2,1-4H3,(H2,15,18). The molecule has 0 spiro atoms. The fraction of sp³-hybridized carbons (Fsp3) is 0.929. The molecule has 1 rings (SSSR count). The van der Waals surface area contributed by atoms with Gasteiger partial charge in [-0.3, -0.25) is 9.69 Å². The predicted octanol–water partition coefficient (Wildman–Crippen LogP) is 1.49. The topological polar surface area (TPSA) is 58.4 Å². The lowest BCUT2D eigenvalue weighted by Crippen LogP contribution is -2.61. The lowest BCUT2D eigenvalue weighted by molar-refractivity contribution is -0.124. The minimum atomic E-state index is -0.609. The molecule has 0 aromatic heterocycles. The molecule has 3 atom stereocenters. The smallest absolute Gasteiger partial charge is 0.238 e. The molecule has 4 heteroatoms. The maximum atomic E-state index is 11.7. The van der Waals surface area contributed by atoms with Crippen LogP contribution in [-0.2, 0) is 4.79 Å². The van der Waals surface area contributed by atoms with Gasteiger partial charge in [-0.05, 0) is 46.1 Å². The van der Waals surface area contributed by atoms with Gasteiger partial charge < -0.3 is 11.1 Å². The second kappa shape index (κ2) is 6.53. The number of rotatable bonds is 7. The largest absolute Gasteiger partial charge is 0.368 e. The average molecular weight is 255 g/mol. The molecule has 3 unspecified atom stereocenters. The summed E-state index contributed by atoms with van der Waals surface area (Å²) in [6.45, 7) is 10.1. The summed E-state index contributed by atoms with van der Waals surface area (Å²) < 4.78 is 0. The molecule has 3 N–H and O–H groups in total. The molecule has 106 valence electrons. The summed E-state index contributed by atoms with van der Waals surface area (Å²) in [6.07, 6.45) is 4.62. The van der Waals surface area contributed by atoms with Gasteiger partial charge >= 0.3 is 0 Å². The summed E-state index contributed by atoms with van der Waals surface area (Å²) in [5.41, 5.74) is 4.98. The number of hydrogen-bond donors (Lipinski definition) is 2. The van der Waals surface area contributed by atoms with Crippen molar-refractivity contribution in [3.05, 3.63) is 0 Å². The Hall–Kier alpha value is -0.610. The maximum absolute atomic E-state index is 11.7. The number of amides is 1. The lowest BCUT2D eigenvalue weighted by Gasteiger charge is -2.37. The number of hydrogen-bond acceptors (Lipinski definition) is 3. The molecule has 0 aliphatic carbocycles. The summed E-state index contributed by atoms with van der Waals surface area (Å²) in [7, 11) is 0. The van der Waals surface area contributed by atoms with Gasteiger partial charge in [0.05, 0.1) is 0 Å². The van der Waals surface area contributed by atoms with E-state index >= 15 is 0 Å². The van der Waals surface area contributed by atoms with Gasteiger partial charge in [0.15, 0.2) is 0 Å². The number of nitrogens with two attached hydrogens (primary N) is 1. The minimum absolute atomic E-state index is 0.245. The highest BCUT2D eigenvalue weighted by Gasteiger charge is 2.38. The van der Waals surface area contributed by atoms with E-state index in [4.69, 9.17) is 5.73 Å². The fourth-order valence-corrected chi connectivity index (χ4v) is 2.84. The first-order chi connectivity index (χ1) is 8.44. The van der Waals surface area contributed by atoms with E-state index in [1.165, 1.54) is 12.8 Å². The van der Waals surface area contributed by atoms with Crippen LogP contribution in [0.5, 0.6) is 0 Å². The van der Waals surface area contributed by atoms with E-state index in [0.717, 1.165) is 25.9 Å². The van der Waals surface area contributed by atoms with Crippen LogP contribution in [0.2, 0.25) is 0 Å². The van der Waals surface area contributed by atoms with Crippen LogP contribution in [0.25, 0.3) is 0 Å². The highest BCUT2D eigenvalue weighted by Crippen LogP contribution is 2.27. The Morgan fingerprint density at radius 2 is 2.11 bits per heavy atom. The Kier molecular flexibility index (Phi) is 5.60. The molecular weight excluding hydrogens is 226 g/mol. The molecule has 0 aromatic carbocycles. The van der Waals surface area contributed by atoms with Gasteiger partial charge in [0, 0.05) is 18.6 Å². The zero-order valence-electron chi connectivity index (χ0n) is 12.3. The highest BCUT2D eigenvalue weighted by molar-refractivity contribution is 5.84. The predicted molar refractivity (Wildman–Crippen MR) is 75.4 cm³/mol. The van der Waals surface area contributed by atoms with Crippen LogP contribution in [0.1, 0.15) is 53.4 Å². The van der Waals surface area contributed by atoms with Gasteiger partial charge in [-0.15, -0.1) is 0 Å². The van der Waals surface area contributed by atoms with E-state index < -0.39 is 5.54 Å². The Bertz CT molecular complexity index is 282. The van der Waals surface area contributed by atoms with Gasteiger partial charge in [-0.2, -0.15) is 0 Å². The van der Waals surface area contributed by atoms with Crippen molar-refractivity contribution in [1.29, 1.82) is 0 Å². The minimum Gasteiger partial charge on any atom is -0.368 e. The van der Waals surface area contributed by atoms with Crippen molar-refractivity contribution in [2.75, 3.05) is 13.1 Å². The van der Waals surface area contributed by atoms with Crippen molar-refractivity contribution in [3.8, 4) is 0 Å². The van der Waals surface area contributed by atoms with Crippen LogP contribution >= 0.6 is 0 Å². The van der Waals surface area contributed by atoms with Gasteiger partial charge in [0.1, 0.15) is 5.54 Å². The van der Waals surface area contributed by atoms with Crippen molar-refractivity contribution < 1.29 is 4.79 Å². The lowest BCUT2D eigenvalue weighted by atomic mass is 9.99.